The number of methoxy groups -OCH3 is 1. The topological polar surface area (TPSA) is 102 Å². The van der Waals surface area contributed by atoms with Crippen LogP contribution in [-0.2, 0) is 4.79 Å². The first kappa shape index (κ1) is 14.3. The highest BCUT2D eigenvalue weighted by Crippen LogP contribution is 2.33. The molecular weight excluding hydrogens is 260 g/mol. The minimum absolute atomic E-state index is 0.0900. The molecule has 0 heterocycles. The van der Waals surface area contributed by atoms with E-state index in [1.807, 2.05) is 0 Å². The van der Waals surface area contributed by atoms with Crippen LogP contribution in [0.5, 0.6) is 5.75 Å². The molecule has 2 rings (SSSR count). The number of carboxylic acid groups (broad SMARTS) is 1. The maximum absolute atomic E-state index is 12.0. The summed E-state index contributed by atoms with van der Waals surface area (Å²) in [5.74, 6) is -0.867. The minimum Gasteiger partial charge on any atom is -0.495 e. The van der Waals surface area contributed by atoms with Crippen LogP contribution < -0.4 is 15.8 Å². The average Bonchev–Trinajstić information content (AvgIpc) is 2.36. The third kappa shape index (κ3) is 3.08. The van der Waals surface area contributed by atoms with Crippen LogP contribution >= 0.6 is 0 Å². The van der Waals surface area contributed by atoms with Gasteiger partial charge in [0.15, 0.2) is 0 Å². The van der Waals surface area contributed by atoms with Crippen LogP contribution in [-0.4, -0.2) is 29.6 Å². The number of nitrogens with two attached hydrogens (primary N) is 1. The summed E-state index contributed by atoms with van der Waals surface area (Å²) >= 11 is 0. The number of nitrogens with one attached hydrogen (secondary N) is 1. The molecule has 0 unspecified atom stereocenters. The van der Waals surface area contributed by atoms with Crippen molar-refractivity contribution in [2.45, 2.75) is 31.2 Å². The Labute approximate surface area is 116 Å². The Kier molecular flexibility index (Phi) is 3.94. The van der Waals surface area contributed by atoms with Gasteiger partial charge in [0.2, 0.25) is 5.91 Å². The van der Waals surface area contributed by atoms with Crippen molar-refractivity contribution in [3.05, 3.63) is 23.8 Å². The molecule has 6 heteroatoms. The number of aromatic carboxylic acids is 1. The van der Waals surface area contributed by atoms with E-state index < -0.39 is 11.5 Å². The fourth-order valence-corrected chi connectivity index (χ4v) is 2.26. The maximum Gasteiger partial charge on any atom is 0.335 e. The van der Waals surface area contributed by atoms with Crippen molar-refractivity contribution in [2.24, 2.45) is 5.73 Å². The lowest BCUT2D eigenvalue weighted by Gasteiger charge is -2.37. The predicted molar refractivity (Wildman–Crippen MR) is 74.0 cm³/mol. The molecule has 0 radical (unpaired) electrons. The molecule has 0 spiro atoms. The Morgan fingerprint density at radius 3 is 2.65 bits per heavy atom. The van der Waals surface area contributed by atoms with E-state index in [0.29, 0.717) is 11.4 Å². The van der Waals surface area contributed by atoms with Gasteiger partial charge < -0.3 is 20.9 Å². The second kappa shape index (κ2) is 5.50. The Hall–Kier alpha value is -2.08. The lowest BCUT2D eigenvalue weighted by Crippen LogP contribution is -2.48. The summed E-state index contributed by atoms with van der Waals surface area (Å²) in [5.41, 5.74) is 6.04. The molecule has 0 atom stereocenters. The molecule has 1 aromatic rings. The van der Waals surface area contributed by atoms with Gasteiger partial charge in [-0.15, -0.1) is 0 Å². The SMILES string of the molecule is COc1ccc(C(=O)O)cc1NC(=O)CC1(N)CCC1. The van der Waals surface area contributed by atoms with Crippen LogP contribution in [0.25, 0.3) is 0 Å². The summed E-state index contributed by atoms with van der Waals surface area (Å²) in [7, 11) is 1.46. The van der Waals surface area contributed by atoms with Crippen LogP contribution in [0.4, 0.5) is 5.69 Å². The van der Waals surface area contributed by atoms with Gasteiger partial charge in [-0.1, -0.05) is 0 Å². The van der Waals surface area contributed by atoms with Crippen molar-refractivity contribution in [1.82, 2.24) is 0 Å². The van der Waals surface area contributed by atoms with Crippen LogP contribution in [0.2, 0.25) is 0 Å². The van der Waals surface area contributed by atoms with Gasteiger partial charge in [-0.05, 0) is 37.5 Å². The number of amides is 1. The molecule has 1 amide bonds. The van der Waals surface area contributed by atoms with Crippen LogP contribution in [0.3, 0.4) is 0 Å². The fourth-order valence-electron chi connectivity index (χ4n) is 2.26. The molecular formula is C14H18N2O4. The highest BCUT2D eigenvalue weighted by Gasteiger charge is 2.34. The Morgan fingerprint density at radius 1 is 1.45 bits per heavy atom. The Bertz CT molecular complexity index is 538. The molecule has 4 N–H and O–H groups in total. The normalized spacial score (nSPS) is 16.1. The van der Waals surface area contributed by atoms with Crippen molar-refractivity contribution in [1.29, 1.82) is 0 Å². The van der Waals surface area contributed by atoms with Gasteiger partial charge in [0.25, 0.3) is 0 Å². The van der Waals surface area contributed by atoms with Crippen LogP contribution in [0, 0.1) is 0 Å². The molecule has 1 fully saturated rings. The van der Waals surface area contributed by atoms with Crippen molar-refractivity contribution in [3.8, 4) is 5.75 Å². The third-order valence-electron chi connectivity index (χ3n) is 3.58. The van der Waals surface area contributed by atoms with E-state index in [-0.39, 0.29) is 17.9 Å². The van der Waals surface area contributed by atoms with Gasteiger partial charge in [-0.25, -0.2) is 4.79 Å². The number of carboxylic acids is 1. The summed E-state index contributed by atoms with van der Waals surface area (Å²) in [4.78, 5) is 22.9. The number of benzene rings is 1. The van der Waals surface area contributed by atoms with Gasteiger partial charge in [-0.3, -0.25) is 4.79 Å². The van der Waals surface area contributed by atoms with Gasteiger partial charge >= 0.3 is 5.97 Å². The quantitative estimate of drug-likeness (QED) is 0.759. The summed E-state index contributed by atoms with van der Waals surface area (Å²) in [6.45, 7) is 0. The molecule has 20 heavy (non-hydrogen) atoms. The smallest absolute Gasteiger partial charge is 0.335 e. The van der Waals surface area contributed by atoms with E-state index in [9.17, 15) is 9.59 Å². The second-order valence-electron chi connectivity index (χ2n) is 5.16. The molecule has 6 nitrogen and oxygen atoms in total. The second-order valence-corrected chi connectivity index (χ2v) is 5.16. The average molecular weight is 278 g/mol. The number of ether oxygens (including phenoxy) is 1. The number of rotatable bonds is 5. The molecule has 1 aliphatic carbocycles. The lowest BCUT2D eigenvalue weighted by molar-refractivity contribution is -0.118. The maximum atomic E-state index is 12.0. The Morgan fingerprint density at radius 2 is 2.15 bits per heavy atom. The first-order valence-corrected chi connectivity index (χ1v) is 6.44. The number of anilines is 1. The van der Waals surface area contributed by atoms with Crippen LogP contribution in [0.15, 0.2) is 18.2 Å². The van der Waals surface area contributed by atoms with Crippen molar-refractivity contribution >= 4 is 17.6 Å². The zero-order chi connectivity index (χ0) is 14.8. The zero-order valence-electron chi connectivity index (χ0n) is 11.3. The molecule has 0 saturated heterocycles. The number of hydrogen-bond donors (Lipinski definition) is 3. The summed E-state index contributed by atoms with van der Waals surface area (Å²) in [6.07, 6.45) is 2.95. The van der Waals surface area contributed by atoms with E-state index in [1.54, 1.807) is 0 Å². The monoisotopic (exact) mass is 278 g/mol. The molecule has 1 saturated carbocycles. The molecule has 108 valence electrons. The highest BCUT2D eigenvalue weighted by molar-refractivity contribution is 5.96. The minimum atomic E-state index is -1.06. The molecule has 0 bridgehead atoms. The third-order valence-corrected chi connectivity index (χ3v) is 3.58. The van der Waals surface area contributed by atoms with E-state index >= 15 is 0 Å². The highest BCUT2D eigenvalue weighted by atomic mass is 16.5. The molecule has 1 aromatic carbocycles. The Balaban J connectivity index is 2.12. The van der Waals surface area contributed by atoms with Crippen molar-refractivity contribution in [3.63, 3.8) is 0 Å². The number of carbonyl (C=O) groups excluding carboxylic acids is 1. The van der Waals surface area contributed by atoms with E-state index in [2.05, 4.69) is 5.32 Å². The van der Waals surface area contributed by atoms with Gasteiger partial charge in [0, 0.05) is 12.0 Å². The first-order chi connectivity index (χ1) is 9.43. The van der Waals surface area contributed by atoms with Crippen molar-refractivity contribution < 1.29 is 19.4 Å². The molecule has 0 aliphatic heterocycles. The summed E-state index contributed by atoms with van der Waals surface area (Å²) < 4.78 is 5.11. The lowest BCUT2D eigenvalue weighted by atomic mass is 9.75. The summed E-state index contributed by atoms with van der Waals surface area (Å²) in [6, 6.07) is 4.32. The molecule has 1 aliphatic rings. The molecule has 0 aromatic heterocycles. The summed E-state index contributed by atoms with van der Waals surface area (Å²) in [5, 5.41) is 11.6. The van der Waals surface area contributed by atoms with Crippen molar-refractivity contribution in [2.75, 3.05) is 12.4 Å². The van der Waals surface area contributed by atoms with E-state index in [0.717, 1.165) is 19.3 Å². The van der Waals surface area contributed by atoms with Gasteiger partial charge in [-0.2, -0.15) is 0 Å². The van der Waals surface area contributed by atoms with Crippen LogP contribution in [0.1, 0.15) is 36.0 Å². The first-order valence-electron chi connectivity index (χ1n) is 6.44. The predicted octanol–water partition coefficient (Wildman–Crippen LogP) is 1.60. The van der Waals surface area contributed by atoms with Gasteiger partial charge in [0.05, 0.1) is 18.4 Å². The van der Waals surface area contributed by atoms with Gasteiger partial charge in [0.1, 0.15) is 5.75 Å². The zero-order valence-corrected chi connectivity index (χ0v) is 11.3. The van der Waals surface area contributed by atoms with E-state index in [1.165, 1.54) is 25.3 Å². The van der Waals surface area contributed by atoms with E-state index in [4.69, 9.17) is 15.6 Å². The largest absolute Gasteiger partial charge is 0.495 e. The number of carbonyl (C=O) groups is 2. The number of hydrogen-bond acceptors (Lipinski definition) is 4. The fraction of sp³-hybridized carbons (Fsp3) is 0.429. The standard InChI is InChI=1S/C14H18N2O4/c1-20-11-4-3-9(13(18)19)7-10(11)16-12(17)8-14(15)5-2-6-14/h3-4,7H,2,5-6,8,15H2,1H3,(H,16,17)(H,18,19).